The Bertz CT molecular complexity index is 1290. The second-order valence-corrected chi connectivity index (χ2v) is 9.51. The van der Waals surface area contributed by atoms with Crippen molar-refractivity contribution in [3.8, 4) is 5.75 Å². The molecule has 4 aromatic rings. The van der Waals surface area contributed by atoms with E-state index in [1.165, 1.54) is 0 Å². The zero-order valence-corrected chi connectivity index (χ0v) is 20.8. The number of carbonyl (C=O) groups excluding carboxylic acids is 1. The van der Waals surface area contributed by atoms with Crippen LogP contribution in [-0.2, 0) is 4.79 Å². The fourth-order valence-electron chi connectivity index (χ4n) is 4.64. The van der Waals surface area contributed by atoms with Gasteiger partial charge in [0.1, 0.15) is 12.4 Å². The number of hydrogen-bond acceptors (Lipinski definition) is 5. The van der Waals surface area contributed by atoms with Crippen LogP contribution in [0.5, 0.6) is 5.75 Å². The number of pyridine rings is 2. The first-order valence-electron chi connectivity index (χ1n) is 12.3. The summed E-state index contributed by atoms with van der Waals surface area (Å²) in [5.41, 5.74) is 2.71. The first kappa shape index (κ1) is 24.2. The second kappa shape index (κ2) is 11.5. The first-order valence-corrected chi connectivity index (χ1v) is 12.7. The SMILES string of the molecule is O=C(NC(c1ccc(Cl)cc1)c1ccccn1)C1CCN(CCOc2ccc3cccnc3c2)CC1. The lowest BCUT2D eigenvalue weighted by molar-refractivity contribution is -0.127. The Hall–Kier alpha value is -3.48. The van der Waals surface area contributed by atoms with Gasteiger partial charge in [0.05, 0.1) is 17.3 Å². The molecule has 0 aliphatic carbocycles. The van der Waals surface area contributed by atoms with Gasteiger partial charge >= 0.3 is 0 Å². The fraction of sp³-hybridized carbons (Fsp3) is 0.276. The number of nitrogens with one attached hydrogen (secondary N) is 1. The van der Waals surface area contributed by atoms with Gasteiger partial charge in [-0.2, -0.15) is 0 Å². The number of hydrogen-bond donors (Lipinski definition) is 1. The number of nitrogens with zero attached hydrogens (tertiary/aromatic N) is 3. The molecule has 3 heterocycles. The summed E-state index contributed by atoms with van der Waals surface area (Å²) in [6, 6.07) is 23.0. The molecule has 1 fully saturated rings. The molecule has 0 radical (unpaired) electrons. The van der Waals surface area contributed by atoms with Crippen molar-refractivity contribution in [3.63, 3.8) is 0 Å². The lowest BCUT2D eigenvalue weighted by Gasteiger charge is -2.32. The highest BCUT2D eigenvalue weighted by Crippen LogP contribution is 2.25. The summed E-state index contributed by atoms with van der Waals surface area (Å²) in [5, 5.41) is 5.01. The first-order chi connectivity index (χ1) is 17.7. The second-order valence-electron chi connectivity index (χ2n) is 9.07. The molecule has 1 aliphatic rings. The van der Waals surface area contributed by atoms with E-state index in [4.69, 9.17) is 16.3 Å². The predicted octanol–water partition coefficient (Wildman–Crippen LogP) is 5.28. The zero-order chi connectivity index (χ0) is 24.7. The third-order valence-electron chi connectivity index (χ3n) is 6.69. The highest BCUT2D eigenvalue weighted by molar-refractivity contribution is 6.30. The van der Waals surface area contributed by atoms with Crippen molar-refractivity contribution in [2.45, 2.75) is 18.9 Å². The quantitative estimate of drug-likeness (QED) is 0.356. The van der Waals surface area contributed by atoms with Crippen molar-refractivity contribution < 1.29 is 9.53 Å². The van der Waals surface area contributed by atoms with Crippen LogP contribution in [0.3, 0.4) is 0 Å². The lowest BCUT2D eigenvalue weighted by Crippen LogP contribution is -2.42. The Morgan fingerprint density at radius 2 is 1.81 bits per heavy atom. The minimum Gasteiger partial charge on any atom is -0.492 e. The van der Waals surface area contributed by atoms with E-state index < -0.39 is 0 Å². The minimum absolute atomic E-state index is 0.0211. The Kier molecular flexibility index (Phi) is 7.74. The van der Waals surface area contributed by atoms with Crippen LogP contribution in [0.4, 0.5) is 0 Å². The molecule has 0 bridgehead atoms. The van der Waals surface area contributed by atoms with Crippen LogP contribution in [0, 0.1) is 5.92 Å². The number of rotatable bonds is 8. The molecule has 1 unspecified atom stereocenters. The Balaban J connectivity index is 1.13. The standard InChI is InChI=1S/C29H29ClN4O2/c30-24-9-6-22(7-10-24)28(26-5-1-2-14-31-26)33-29(35)23-12-16-34(17-13-23)18-19-36-25-11-8-21-4-3-15-32-27(21)20-25/h1-11,14-15,20,23,28H,12-13,16-19H2,(H,33,35). The molecular weight excluding hydrogens is 472 g/mol. The molecule has 1 saturated heterocycles. The highest BCUT2D eigenvalue weighted by atomic mass is 35.5. The summed E-state index contributed by atoms with van der Waals surface area (Å²) >= 11 is 6.08. The van der Waals surface area contributed by atoms with Gasteiger partial charge in [0, 0.05) is 41.3 Å². The highest BCUT2D eigenvalue weighted by Gasteiger charge is 2.27. The number of piperidine rings is 1. The third kappa shape index (κ3) is 6.01. The maximum atomic E-state index is 13.2. The molecule has 184 valence electrons. The van der Waals surface area contributed by atoms with E-state index in [0.717, 1.165) is 60.4 Å². The summed E-state index contributed by atoms with van der Waals surface area (Å²) in [6.07, 6.45) is 5.18. The number of likely N-dealkylation sites (tertiary alicyclic amines) is 1. The maximum absolute atomic E-state index is 13.2. The lowest BCUT2D eigenvalue weighted by atomic mass is 9.94. The van der Waals surface area contributed by atoms with Crippen LogP contribution in [-0.4, -0.2) is 47.0 Å². The number of aromatic nitrogens is 2. The zero-order valence-electron chi connectivity index (χ0n) is 20.0. The fourth-order valence-corrected chi connectivity index (χ4v) is 4.76. The summed E-state index contributed by atoms with van der Waals surface area (Å²) < 4.78 is 5.97. The van der Waals surface area contributed by atoms with Gasteiger partial charge in [-0.15, -0.1) is 0 Å². The Morgan fingerprint density at radius 1 is 1.00 bits per heavy atom. The normalized spacial score (nSPS) is 15.5. The number of halogens is 1. The number of amides is 1. The van der Waals surface area contributed by atoms with Crippen molar-refractivity contribution in [3.05, 3.63) is 101 Å². The van der Waals surface area contributed by atoms with Crippen LogP contribution >= 0.6 is 11.6 Å². The van der Waals surface area contributed by atoms with Crippen molar-refractivity contribution in [2.75, 3.05) is 26.2 Å². The molecule has 0 spiro atoms. The van der Waals surface area contributed by atoms with Crippen LogP contribution < -0.4 is 10.1 Å². The molecule has 1 amide bonds. The predicted molar refractivity (Wildman–Crippen MR) is 142 cm³/mol. The smallest absolute Gasteiger partial charge is 0.224 e. The van der Waals surface area contributed by atoms with Crippen molar-refractivity contribution in [2.24, 2.45) is 5.92 Å². The molecule has 5 rings (SSSR count). The van der Waals surface area contributed by atoms with Crippen LogP contribution in [0.15, 0.2) is 85.2 Å². The van der Waals surface area contributed by atoms with E-state index in [-0.39, 0.29) is 17.9 Å². The Morgan fingerprint density at radius 3 is 2.58 bits per heavy atom. The molecule has 2 aromatic carbocycles. The Labute approximate surface area is 216 Å². The molecule has 6 nitrogen and oxygen atoms in total. The number of fused-ring (bicyclic) bond motifs is 1. The average Bonchev–Trinajstić information content (AvgIpc) is 2.93. The molecule has 2 aromatic heterocycles. The van der Waals surface area contributed by atoms with E-state index in [9.17, 15) is 4.79 Å². The summed E-state index contributed by atoms with van der Waals surface area (Å²) in [7, 11) is 0. The van der Waals surface area contributed by atoms with E-state index in [2.05, 4.69) is 20.2 Å². The molecule has 1 N–H and O–H groups in total. The van der Waals surface area contributed by atoms with Gasteiger partial charge in [0.15, 0.2) is 0 Å². The van der Waals surface area contributed by atoms with Gasteiger partial charge in [-0.05, 0) is 74.0 Å². The molecule has 1 atom stereocenters. The summed E-state index contributed by atoms with van der Waals surface area (Å²) in [5.74, 6) is 0.880. The van der Waals surface area contributed by atoms with Gasteiger partial charge in [0.2, 0.25) is 5.91 Å². The van der Waals surface area contributed by atoms with Crippen LogP contribution in [0.2, 0.25) is 5.02 Å². The largest absolute Gasteiger partial charge is 0.492 e. The third-order valence-corrected chi connectivity index (χ3v) is 6.94. The van der Waals surface area contributed by atoms with Gasteiger partial charge in [0.25, 0.3) is 0 Å². The van der Waals surface area contributed by atoms with Crippen LogP contribution in [0.1, 0.15) is 30.1 Å². The average molecular weight is 501 g/mol. The van der Waals surface area contributed by atoms with Crippen molar-refractivity contribution >= 4 is 28.4 Å². The van der Waals surface area contributed by atoms with E-state index in [1.807, 2.05) is 72.8 Å². The number of benzene rings is 2. The van der Waals surface area contributed by atoms with Gasteiger partial charge in [-0.25, -0.2) is 0 Å². The monoisotopic (exact) mass is 500 g/mol. The van der Waals surface area contributed by atoms with Crippen molar-refractivity contribution in [1.82, 2.24) is 20.2 Å². The maximum Gasteiger partial charge on any atom is 0.224 e. The molecular formula is C29H29ClN4O2. The van der Waals surface area contributed by atoms with Gasteiger partial charge < -0.3 is 10.1 Å². The minimum atomic E-state index is -0.307. The van der Waals surface area contributed by atoms with E-state index in [1.54, 1.807) is 12.4 Å². The number of carbonyl (C=O) groups is 1. The molecule has 7 heteroatoms. The van der Waals surface area contributed by atoms with E-state index in [0.29, 0.717) is 11.6 Å². The van der Waals surface area contributed by atoms with Crippen molar-refractivity contribution in [1.29, 1.82) is 0 Å². The van der Waals surface area contributed by atoms with E-state index >= 15 is 0 Å². The van der Waals surface area contributed by atoms with Gasteiger partial charge in [-0.3, -0.25) is 19.7 Å². The topological polar surface area (TPSA) is 67.4 Å². The van der Waals surface area contributed by atoms with Gasteiger partial charge in [-0.1, -0.05) is 35.9 Å². The summed E-state index contributed by atoms with van der Waals surface area (Å²) in [4.78, 5) is 24.5. The molecule has 1 aliphatic heterocycles. The summed E-state index contributed by atoms with van der Waals surface area (Å²) in [6.45, 7) is 3.18. The number of ether oxygens (including phenoxy) is 1. The van der Waals surface area contributed by atoms with Crippen LogP contribution in [0.25, 0.3) is 10.9 Å². The molecule has 0 saturated carbocycles. The molecule has 36 heavy (non-hydrogen) atoms.